The molecule has 1 aromatic carbocycles. The zero-order valence-electron chi connectivity index (χ0n) is 14.5. The van der Waals surface area contributed by atoms with Crippen molar-refractivity contribution in [2.45, 2.75) is 46.2 Å². The summed E-state index contributed by atoms with van der Waals surface area (Å²) in [6, 6.07) is 4.93. The lowest BCUT2D eigenvalue weighted by molar-refractivity contribution is -0.124. The van der Waals surface area contributed by atoms with Gasteiger partial charge in [0.2, 0.25) is 5.91 Å². The molecule has 0 bridgehead atoms. The molecular formula is C18H26N2O3. The van der Waals surface area contributed by atoms with Gasteiger partial charge in [-0.2, -0.15) is 0 Å². The van der Waals surface area contributed by atoms with E-state index in [0.29, 0.717) is 0 Å². The summed E-state index contributed by atoms with van der Waals surface area (Å²) in [6.45, 7) is 7.90. The van der Waals surface area contributed by atoms with Gasteiger partial charge in [-0.25, -0.2) is 0 Å². The minimum Gasteiger partial charge on any atom is -0.497 e. The summed E-state index contributed by atoms with van der Waals surface area (Å²) in [4.78, 5) is 12.3. The lowest BCUT2D eigenvalue weighted by Gasteiger charge is -2.20. The molecule has 126 valence electrons. The number of hydrogen-bond donors (Lipinski definition) is 2. The zero-order valence-corrected chi connectivity index (χ0v) is 14.5. The number of methoxy groups -OCH3 is 1. The van der Waals surface area contributed by atoms with Crippen LogP contribution < -0.4 is 15.8 Å². The molecule has 0 aliphatic rings. The van der Waals surface area contributed by atoms with Crippen LogP contribution in [0.5, 0.6) is 5.75 Å². The molecule has 3 unspecified atom stereocenters. The monoisotopic (exact) mass is 318 g/mol. The summed E-state index contributed by atoms with van der Waals surface area (Å²) in [5.41, 5.74) is 7.78. The van der Waals surface area contributed by atoms with Gasteiger partial charge in [-0.1, -0.05) is 20.3 Å². The molecule has 0 aliphatic heterocycles. The molecule has 1 aromatic heterocycles. The maximum atomic E-state index is 12.3. The highest BCUT2D eigenvalue weighted by atomic mass is 16.5. The molecule has 3 N–H and O–H groups in total. The number of rotatable bonds is 6. The van der Waals surface area contributed by atoms with Crippen molar-refractivity contribution in [3.05, 3.63) is 29.5 Å². The van der Waals surface area contributed by atoms with Gasteiger partial charge in [0.1, 0.15) is 17.1 Å². The van der Waals surface area contributed by atoms with E-state index in [0.717, 1.165) is 34.5 Å². The Labute approximate surface area is 137 Å². The Bertz CT molecular complexity index is 693. The topological polar surface area (TPSA) is 77.5 Å². The Morgan fingerprint density at radius 2 is 2.09 bits per heavy atom. The van der Waals surface area contributed by atoms with Gasteiger partial charge in [-0.15, -0.1) is 0 Å². The average molecular weight is 318 g/mol. The van der Waals surface area contributed by atoms with E-state index in [1.165, 1.54) is 0 Å². The number of hydrogen-bond acceptors (Lipinski definition) is 4. The molecule has 2 aromatic rings. The summed E-state index contributed by atoms with van der Waals surface area (Å²) < 4.78 is 11.2. The SMILES string of the molecule is CCC(C)C(N)C(=O)NC(C)c1oc2ccc(OC)cc2c1C. The van der Waals surface area contributed by atoms with E-state index in [4.69, 9.17) is 14.9 Å². The Morgan fingerprint density at radius 3 is 2.70 bits per heavy atom. The van der Waals surface area contributed by atoms with Gasteiger partial charge in [0.25, 0.3) is 0 Å². The molecule has 0 aliphatic carbocycles. The minimum atomic E-state index is -0.507. The van der Waals surface area contributed by atoms with Crippen LogP contribution in [0.25, 0.3) is 11.0 Å². The fourth-order valence-corrected chi connectivity index (χ4v) is 2.65. The lowest BCUT2D eigenvalue weighted by Crippen LogP contribution is -2.45. The van der Waals surface area contributed by atoms with Crippen molar-refractivity contribution in [1.82, 2.24) is 5.32 Å². The molecule has 2 rings (SSSR count). The molecule has 1 amide bonds. The van der Waals surface area contributed by atoms with E-state index in [1.54, 1.807) is 7.11 Å². The van der Waals surface area contributed by atoms with Crippen molar-refractivity contribution in [2.75, 3.05) is 7.11 Å². The van der Waals surface area contributed by atoms with Crippen LogP contribution in [0.1, 0.15) is 44.6 Å². The Hall–Kier alpha value is -2.01. The largest absolute Gasteiger partial charge is 0.497 e. The Balaban J connectivity index is 2.22. The van der Waals surface area contributed by atoms with Crippen molar-refractivity contribution < 1.29 is 13.9 Å². The zero-order chi connectivity index (χ0) is 17.1. The van der Waals surface area contributed by atoms with Gasteiger partial charge < -0.3 is 20.2 Å². The quantitative estimate of drug-likeness (QED) is 0.856. The molecule has 0 spiro atoms. The molecule has 0 saturated carbocycles. The first-order valence-corrected chi connectivity index (χ1v) is 8.02. The summed E-state index contributed by atoms with van der Waals surface area (Å²) in [6.07, 6.45) is 0.867. The molecule has 5 nitrogen and oxygen atoms in total. The maximum Gasteiger partial charge on any atom is 0.237 e. The number of carbonyl (C=O) groups excluding carboxylic acids is 1. The summed E-state index contributed by atoms with van der Waals surface area (Å²) in [7, 11) is 1.64. The molecule has 0 radical (unpaired) electrons. The maximum absolute atomic E-state index is 12.3. The summed E-state index contributed by atoms with van der Waals surface area (Å²) in [5.74, 6) is 1.52. The van der Waals surface area contributed by atoms with E-state index < -0.39 is 6.04 Å². The van der Waals surface area contributed by atoms with Crippen LogP contribution >= 0.6 is 0 Å². The number of furan rings is 1. The van der Waals surface area contributed by atoms with Gasteiger partial charge in [-0.05, 0) is 38.0 Å². The standard InChI is InChI=1S/C18H26N2O3/c1-6-10(2)16(19)18(21)20-12(4)17-11(3)14-9-13(22-5)7-8-15(14)23-17/h7-10,12,16H,6,19H2,1-5H3,(H,20,21). The van der Waals surface area contributed by atoms with Crippen LogP contribution in [0.2, 0.25) is 0 Å². The van der Waals surface area contributed by atoms with Crippen LogP contribution in [0.3, 0.4) is 0 Å². The lowest BCUT2D eigenvalue weighted by atomic mass is 9.99. The molecule has 5 heteroatoms. The molecule has 1 heterocycles. The summed E-state index contributed by atoms with van der Waals surface area (Å²) >= 11 is 0. The van der Waals surface area contributed by atoms with Gasteiger partial charge in [0.05, 0.1) is 19.2 Å². The highest BCUT2D eigenvalue weighted by Gasteiger charge is 2.24. The number of fused-ring (bicyclic) bond motifs is 1. The number of aryl methyl sites for hydroxylation is 1. The van der Waals surface area contributed by atoms with Crippen LogP contribution in [0, 0.1) is 12.8 Å². The molecular weight excluding hydrogens is 292 g/mol. The number of nitrogens with two attached hydrogens (primary N) is 1. The van der Waals surface area contributed by atoms with E-state index >= 15 is 0 Å². The van der Waals surface area contributed by atoms with E-state index in [9.17, 15) is 4.79 Å². The van der Waals surface area contributed by atoms with Crippen LogP contribution in [-0.4, -0.2) is 19.1 Å². The molecule has 0 fully saturated rings. The third-order valence-electron chi connectivity index (χ3n) is 4.49. The third-order valence-corrected chi connectivity index (χ3v) is 4.49. The average Bonchev–Trinajstić information content (AvgIpc) is 2.89. The second kappa shape index (κ2) is 7.04. The number of benzene rings is 1. The first-order valence-electron chi connectivity index (χ1n) is 8.02. The second-order valence-corrected chi connectivity index (χ2v) is 6.09. The van der Waals surface area contributed by atoms with E-state index in [-0.39, 0.29) is 17.9 Å². The molecule has 23 heavy (non-hydrogen) atoms. The third kappa shape index (κ3) is 3.50. The first kappa shape index (κ1) is 17.3. The van der Waals surface area contributed by atoms with Gasteiger partial charge in [-0.3, -0.25) is 4.79 Å². The van der Waals surface area contributed by atoms with Crippen LogP contribution in [0.4, 0.5) is 0 Å². The predicted octanol–water partition coefficient (Wildman–Crippen LogP) is 3.30. The van der Waals surface area contributed by atoms with Crippen molar-refractivity contribution in [3.63, 3.8) is 0 Å². The fourth-order valence-electron chi connectivity index (χ4n) is 2.65. The second-order valence-electron chi connectivity index (χ2n) is 6.09. The minimum absolute atomic E-state index is 0.142. The van der Waals surface area contributed by atoms with Crippen LogP contribution in [-0.2, 0) is 4.79 Å². The Kier molecular flexibility index (Phi) is 5.31. The van der Waals surface area contributed by atoms with Crippen molar-refractivity contribution in [2.24, 2.45) is 11.7 Å². The normalized spacial score (nSPS) is 15.2. The summed E-state index contributed by atoms with van der Waals surface area (Å²) in [5, 5.41) is 3.94. The number of amides is 1. The van der Waals surface area contributed by atoms with E-state index in [2.05, 4.69) is 5.32 Å². The highest BCUT2D eigenvalue weighted by Crippen LogP contribution is 2.31. The van der Waals surface area contributed by atoms with Crippen molar-refractivity contribution in [3.8, 4) is 5.75 Å². The number of nitrogens with one attached hydrogen (secondary N) is 1. The van der Waals surface area contributed by atoms with Gasteiger partial charge in [0, 0.05) is 10.9 Å². The smallest absolute Gasteiger partial charge is 0.237 e. The van der Waals surface area contributed by atoms with Crippen molar-refractivity contribution in [1.29, 1.82) is 0 Å². The van der Waals surface area contributed by atoms with Crippen LogP contribution in [0.15, 0.2) is 22.6 Å². The predicted molar refractivity (Wildman–Crippen MR) is 91.5 cm³/mol. The highest BCUT2D eigenvalue weighted by molar-refractivity contribution is 5.85. The Morgan fingerprint density at radius 1 is 1.39 bits per heavy atom. The first-order chi connectivity index (χ1) is 10.9. The van der Waals surface area contributed by atoms with E-state index in [1.807, 2.05) is 45.9 Å². The fraction of sp³-hybridized carbons (Fsp3) is 0.500. The molecule has 0 saturated heterocycles. The van der Waals surface area contributed by atoms with Gasteiger partial charge in [0.15, 0.2) is 0 Å². The number of carbonyl (C=O) groups is 1. The van der Waals surface area contributed by atoms with Gasteiger partial charge >= 0.3 is 0 Å². The molecule has 3 atom stereocenters. The van der Waals surface area contributed by atoms with Crippen molar-refractivity contribution >= 4 is 16.9 Å². The number of ether oxygens (including phenoxy) is 1.